The van der Waals surface area contributed by atoms with Crippen LogP contribution in [0.1, 0.15) is 11.1 Å². The monoisotopic (exact) mass is 261 g/mol. The van der Waals surface area contributed by atoms with Gasteiger partial charge in [0, 0.05) is 10.6 Å². The van der Waals surface area contributed by atoms with Crippen molar-refractivity contribution in [3.8, 4) is 6.07 Å². The van der Waals surface area contributed by atoms with Crippen LogP contribution >= 0.6 is 11.8 Å². The first-order valence-corrected chi connectivity index (χ1v) is 6.24. The fourth-order valence-electron chi connectivity index (χ4n) is 1.47. The summed E-state index contributed by atoms with van der Waals surface area (Å²) in [6, 6.07) is 12.3. The predicted octanol–water partition coefficient (Wildman–Crippen LogP) is 4.13. The first-order chi connectivity index (χ1) is 8.69. The third-order valence-electron chi connectivity index (χ3n) is 2.37. The molecule has 0 saturated carbocycles. The van der Waals surface area contributed by atoms with Crippen LogP contribution in [-0.2, 0) is 5.75 Å². The minimum atomic E-state index is -0.349. The van der Waals surface area contributed by atoms with Gasteiger partial charge in [0.1, 0.15) is 11.6 Å². The molecule has 0 unspecified atom stereocenters. The highest BCUT2D eigenvalue weighted by atomic mass is 32.2. The van der Waals surface area contributed by atoms with Crippen LogP contribution in [0.2, 0.25) is 0 Å². The normalized spacial score (nSPS) is 10.1. The maximum Gasteiger partial charge on any atom is 0.127 e. The van der Waals surface area contributed by atoms with Crippen LogP contribution in [-0.4, -0.2) is 0 Å². The molecular formula is C14H9F2NS. The fraction of sp³-hybridized carbons (Fsp3) is 0.0714. The minimum Gasteiger partial charge on any atom is -0.207 e. The van der Waals surface area contributed by atoms with Gasteiger partial charge in [-0.15, -0.1) is 11.8 Å². The second-order valence-electron chi connectivity index (χ2n) is 3.66. The van der Waals surface area contributed by atoms with E-state index in [2.05, 4.69) is 0 Å². The van der Waals surface area contributed by atoms with Gasteiger partial charge >= 0.3 is 0 Å². The zero-order valence-electron chi connectivity index (χ0n) is 9.36. The second kappa shape index (κ2) is 5.65. The summed E-state index contributed by atoms with van der Waals surface area (Å²) in [7, 11) is 0. The van der Waals surface area contributed by atoms with Gasteiger partial charge in [-0.1, -0.05) is 6.07 Å². The van der Waals surface area contributed by atoms with Crippen LogP contribution in [0.5, 0.6) is 0 Å². The Morgan fingerprint density at radius 1 is 1.11 bits per heavy atom. The van der Waals surface area contributed by atoms with Gasteiger partial charge in [0.2, 0.25) is 0 Å². The Balaban J connectivity index is 2.13. The molecular weight excluding hydrogens is 252 g/mol. The summed E-state index contributed by atoms with van der Waals surface area (Å²) in [5, 5.41) is 8.75. The van der Waals surface area contributed by atoms with E-state index >= 15 is 0 Å². The van der Waals surface area contributed by atoms with E-state index in [4.69, 9.17) is 5.26 Å². The van der Waals surface area contributed by atoms with Crippen LogP contribution in [0.4, 0.5) is 8.78 Å². The molecule has 2 aromatic rings. The van der Waals surface area contributed by atoms with Crippen molar-refractivity contribution in [2.24, 2.45) is 0 Å². The lowest BCUT2D eigenvalue weighted by atomic mass is 10.1. The molecule has 18 heavy (non-hydrogen) atoms. The van der Waals surface area contributed by atoms with Crippen molar-refractivity contribution in [2.45, 2.75) is 10.6 Å². The number of thioether (sulfide) groups is 1. The third-order valence-corrected chi connectivity index (χ3v) is 3.41. The van der Waals surface area contributed by atoms with Gasteiger partial charge in [-0.05, 0) is 42.0 Å². The largest absolute Gasteiger partial charge is 0.207 e. The van der Waals surface area contributed by atoms with Gasteiger partial charge in [-0.2, -0.15) is 5.26 Å². The lowest BCUT2D eigenvalue weighted by Gasteiger charge is -2.04. The first kappa shape index (κ1) is 12.6. The van der Waals surface area contributed by atoms with Crippen molar-refractivity contribution in [3.63, 3.8) is 0 Å². The van der Waals surface area contributed by atoms with Crippen LogP contribution in [0.15, 0.2) is 47.4 Å². The van der Waals surface area contributed by atoms with E-state index in [-0.39, 0.29) is 11.6 Å². The number of benzene rings is 2. The molecule has 1 nitrogen and oxygen atoms in total. The summed E-state index contributed by atoms with van der Waals surface area (Å²) >= 11 is 1.33. The second-order valence-corrected chi connectivity index (χ2v) is 4.71. The highest BCUT2D eigenvalue weighted by molar-refractivity contribution is 7.98. The van der Waals surface area contributed by atoms with Gasteiger partial charge < -0.3 is 0 Å². The van der Waals surface area contributed by atoms with Crippen molar-refractivity contribution < 1.29 is 8.78 Å². The molecule has 4 heteroatoms. The molecule has 2 aromatic carbocycles. The average Bonchev–Trinajstić information content (AvgIpc) is 2.38. The molecule has 0 fully saturated rings. The molecule has 0 heterocycles. The Bertz CT molecular complexity index is 605. The number of hydrogen-bond acceptors (Lipinski definition) is 2. The van der Waals surface area contributed by atoms with Crippen LogP contribution in [0.3, 0.4) is 0 Å². The fourth-order valence-corrected chi connectivity index (χ4v) is 2.39. The van der Waals surface area contributed by atoms with E-state index < -0.39 is 0 Å². The quantitative estimate of drug-likeness (QED) is 0.776. The lowest BCUT2D eigenvalue weighted by Crippen LogP contribution is -1.89. The molecule has 0 radical (unpaired) electrons. The minimum absolute atomic E-state index is 0.314. The van der Waals surface area contributed by atoms with E-state index in [0.717, 1.165) is 4.90 Å². The zero-order valence-corrected chi connectivity index (χ0v) is 10.2. The van der Waals surface area contributed by atoms with Crippen molar-refractivity contribution in [1.29, 1.82) is 5.26 Å². The molecule has 90 valence electrons. The topological polar surface area (TPSA) is 23.8 Å². The molecule has 0 saturated heterocycles. The Morgan fingerprint density at radius 3 is 2.67 bits per heavy atom. The van der Waals surface area contributed by atoms with E-state index in [1.54, 1.807) is 12.1 Å². The molecule has 0 aromatic heterocycles. The molecule has 0 bridgehead atoms. The van der Waals surface area contributed by atoms with Crippen molar-refractivity contribution in [2.75, 3.05) is 0 Å². The Kier molecular flexibility index (Phi) is 3.96. The summed E-state index contributed by atoms with van der Waals surface area (Å²) in [6.07, 6.45) is 0. The smallest absolute Gasteiger partial charge is 0.127 e. The molecule has 0 amide bonds. The molecule has 0 spiro atoms. The summed E-state index contributed by atoms with van der Waals surface area (Å²) in [5.74, 6) is -0.297. The zero-order chi connectivity index (χ0) is 13.0. The Hall–Kier alpha value is -1.86. The highest BCUT2D eigenvalue weighted by Crippen LogP contribution is 2.25. The Morgan fingerprint density at radius 2 is 1.94 bits per heavy atom. The van der Waals surface area contributed by atoms with Crippen molar-refractivity contribution in [1.82, 2.24) is 0 Å². The van der Waals surface area contributed by atoms with E-state index in [1.165, 1.54) is 42.1 Å². The van der Waals surface area contributed by atoms with Crippen LogP contribution < -0.4 is 0 Å². The van der Waals surface area contributed by atoms with Gasteiger partial charge in [-0.3, -0.25) is 0 Å². The molecule has 2 rings (SSSR count). The number of nitrogens with zero attached hydrogens (tertiary/aromatic N) is 1. The first-order valence-electron chi connectivity index (χ1n) is 5.26. The number of halogens is 2. The molecule has 0 aliphatic carbocycles. The third kappa shape index (κ3) is 3.08. The van der Waals surface area contributed by atoms with E-state index in [0.29, 0.717) is 16.9 Å². The number of hydrogen-bond donors (Lipinski definition) is 0. The van der Waals surface area contributed by atoms with Gasteiger partial charge in [0.05, 0.1) is 11.6 Å². The predicted molar refractivity (Wildman–Crippen MR) is 67.1 cm³/mol. The number of nitriles is 1. The van der Waals surface area contributed by atoms with Crippen molar-refractivity contribution in [3.05, 3.63) is 65.2 Å². The summed E-state index contributed by atoms with van der Waals surface area (Å²) < 4.78 is 26.5. The van der Waals surface area contributed by atoms with Gasteiger partial charge in [0.25, 0.3) is 0 Å². The van der Waals surface area contributed by atoms with E-state index in [1.807, 2.05) is 6.07 Å². The maximum atomic E-state index is 13.5. The van der Waals surface area contributed by atoms with Crippen LogP contribution in [0.25, 0.3) is 0 Å². The molecule has 0 atom stereocenters. The average molecular weight is 261 g/mol. The van der Waals surface area contributed by atoms with Gasteiger partial charge in [-0.25, -0.2) is 8.78 Å². The molecule has 0 aliphatic rings. The van der Waals surface area contributed by atoms with Gasteiger partial charge in [0.15, 0.2) is 0 Å². The van der Waals surface area contributed by atoms with E-state index in [9.17, 15) is 8.78 Å². The maximum absolute atomic E-state index is 13.5. The summed E-state index contributed by atoms with van der Waals surface area (Å²) in [5.41, 5.74) is 0.870. The number of rotatable bonds is 3. The SMILES string of the molecule is N#Cc1ccc(F)c(CSc2cccc(F)c2)c1. The summed E-state index contributed by atoms with van der Waals surface area (Å²) in [4.78, 5) is 0.733. The Labute approximate surface area is 108 Å². The van der Waals surface area contributed by atoms with Crippen molar-refractivity contribution >= 4 is 11.8 Å². The molecule has 0 aliphatic heterocycles. The molecule has 0 N–H and O–H groups in total. The van der Waals surface area contributed by atoms with Crippen LogP contribution in [0, 0.1) is 23.0 Å². The summed E-state index contributed by atoms with van der Waals surface area (Å²) in [6.45, 7) is 0. The standard InChI is InChI=1S/C14H9F2NS/c15-12-2-1-3-13(7-12)18-9-11-6-10(8-17)4-5-14(11)16/h1-7H,9H2. The lowest BCUT2D eigenvalue weighted by molar-refractivity contribution is 0.617. The highest BCUT2D eigenvalue weighted by Gasteiger charge is 2.05.